The van der Waals surface area contributed by atoms with Crippen molar-refractivity contribution in [2.24, 2.45) is 5.73 Å². The Morgan fingerprint density at radius 3 is 2.50 bits per heavy atom. The minimum absolute atomic E-state index is 0.0979. The molecule has 0 aliphatic heterocycles. The van der Waals surface area contributed by atoms with Gasteiger partial charge in [0.05, 0.1) is 5.56 Å². The third-order valence-corrected chi connectivity index (χ3v) is 1.73. The van der Waals surface area contributed by atoms with Crippen LogP contribution >= 0.6 is 0 Å². The first-order chi connectivity index (χ1) is 5.52. The summed E-state index contributed by atoms with van der Waals surface area (Å²) in [4.78, 5) is 0. The van der Waals surface area contributed by atoms with E-state index >= 15 is 0 Å². The Hall–Kier alpha value is -1.51. The van der Waals surface area contributed by atoms with Gasteiger partial charge in [-0.2, -0.15) is 0 Å². The van der Waals surface area contributed by atoms with Crippen LogP contribution in [0.3, 0.4) is 0 Å². The molecule has 0 bridgehead atoms. The van der Waals surface area contributed by atoms with Crippen molar-refractivity contribution >= 4 is 5.84 Å². The molecule has 0 aliphatic rings. The number of phenols is 1. The number of amidine groups is 1. The van der Waals surface area contributed by atoms with E-state index in [1.807, 2.05) is 13.0 Å². The van der Waals surface area contributed by atoms with E-state index in [1.54, 1.807) is 13.0 Å². The lowest BCUT2D eigenvalue weighted by Crippen LogP contribution is -2.11. The van der Waals surface area contributed by atoms with Gasteiger partial charge in [0.25, 0.3) is 0 Å². The van der Waals surface area contributed by atoms with Crippen molar-refractivity contribution in [3.05, 3.63) is 28.8 Å². The van der Waals surface area contributed by atoms with E-state index in [0.29, 0.717) is 5.56 Å². The summed E-state index contributed by atoms with van der Waals surface area (Å²) in [6.07, 6.45) is 0. The zero-order valence-corrected chi connectivity index (χ0v) is 7.18. The maximum absolute atomic E-state index is 9.47. The van der Waals surface area contributed by atoms with Crippen molar-refractivity contribution in [2.75, 3.05) is 0 Å². The molecule has 3 nitrogen and oxygen atoms in total. The van der Waals surface area contributed by atoms with Crippen molar-refractivity contribution in [3.63, 3.8) is 0 Å². The number of aryl methyl sites for hydroxylation is 2. The van der Waals surface area contributed by atoms with Gasteiger partial charge in [-0.25, -0.2) is 0 Å². The number of nitrogens with two attached hydrogens (primary N) is 1. The summed E-state index contributed by atoms with van der Waals surface area (Å²) in [6.45, 7) is 3.69. The third-order valence-electron chi connectivity index (χ3n) is 1.73. The first-order valence-electron chi connectivity index (χ1n) is 3.67. The first kappa shape index (κ1) is 8.59. The molecule has 0 heterocycles. The van der Waals surface area contributed by atoms with Crippen LogP contribution in [0.4, 0.5) is 0 Å². The van der Waals surface area contributed by atoms with E-state index in [9.17, 15) is 5.11 Å². The van der Waals surface area contributed by atoms with Gasteiger partial charge in [0.15, 0.2) is 0 Å². The van der Waals surface area contributed by atoms with E-state index < -0.39 is 0 Å². The number of phenolic OH excluding ortho intramolecular Hbond substituents is 1. The van der Waals surface area contributed by atoms with Crippen LogP contribution < -0.4 is 5.73 Å². The monoisotopic (exact) mass is 164 g/mol. The highest BCUT2D eigenvalue weighted by Gasteiger charge is 2.06. The summed E-state index contributed by atoms with van der Waals surface area (Å²) >= 11 is 0. The van der Waals surface area contributed by atoms with E-state index in [-0.39, 0.29) is 11.6 Å². The van der Waals surface area contributed by atoms with Gasteiger partial charge in [-0.15, -0.1) is 0 Å². The Balaban J connectivity index is 3.37. The van der Waals surface area contributed by atoms with Gasteiger partial charge in [-0.3, -0.25) is 5.41 Å². The van der Waals surface area contributed by atoms with Gasteiger partial charge in [0.1, 0.15) is 11.6 Å². The Morgan fingerprint density at radius 2 is 2.00 bits per heavy atom. The van der Waals surface area contributed by atoms with E-state index in [1.165, 1.54) is 0 Å². The molecule has 0 aromatic heterocycles. The highest BCUT2D eigenvalue weighted by Crippen LogP contribution is 2.22. The number of hydrogen-bond acceptors (Lipinski definition) is 2. The maximum atomic E-state index is 9.47. The van der Waals surface area contributed by atoms with Gasteiger partial charge in [0.2, 0.25) is 0 Å². The van der Waals surface area contributed by atoms with E-state index in [2.05, 4.69) is 0 Å². The molecule has 0 amide bonds. The zero-order chi connectivity index (χ0) is 9.30. The number of rotatable bonds is 1. The number of benzene rings is 1. The number of nitrogen functional groups attached to an aromatic ring is 1. The highest BCUT2D eigenvalue weighted by molar-refractivity contribution is 5.98. The highest BCUT2D eigenvalue weighted by atomic mass is 16.3. The van der Waals surface area contributed by atoms with Crippen LogP contribution in [0.25, 0.3) is 0 Å². The average molecular weight is 164 g/mol. The molecule has 1 aromatic carbocycles. The van der Waals surface area contributed by atoms with Crippen molar-refractivity contribution in [2.45, 2.75) is 13.8 Å². The molecule has 1 rings (SSSR count). The summed E-state index contributed by atoms with van der Waals surface area (Å²) in [5, 5.41) is 16.7. The predicted octanol–water partition coefficient (Wildman–Crippen LogP) is 1.29. The second-order valence-corrected chi connectivity index (χ2v) is 2.89. The van der Waals surface area contributed by atoms with Gasteiger partial charge < -0.3 is 10.8 Å². The molecule has 0 radical (unpaired) electrons. The molecule has 0 fully saturated rings. The Kier molecular flexibility index (Phi) is 2.04. The Morgan fingerprint density at radius 1 is 1.42 bits per heavy atom. The third kappa shape index (κ3) is 1.39. The Bertz CT molecular complexity index is 332. The van der Waals surface area contributed by atoms with Gasteiger partial charge in [-0.1, -0.05) is 6.07 Å². The number of hydrogen-bond donors (Lipinski definition) is 3. The molecule has 12 heavy (non-hydrogen) atoms. The summed E-state index contributed by atoms with van der Waals surface area (Å²) in [5.74, 6) is 0.00685. The lowest BCUT2D eigenvalue weighted by Gasteiger charge is -2.06. The fourth-order valence-corrected chi connectivity index (χ4v) is 1.17. The number of aromatic hydroxyl groups is 1. The molecular formula is C9H12N2O. The molecule has 0 aliphatic carbocycles. The predicted molar refractivity (Wildman–Crippen MR) is 48.6 cm³/mol. The molecule has 0 saturated carbocycles. The van der Waals surface area contributed by atoms with Gasteiger partial charge in [0, 0.05) is 0 Å². The molecule has 4 N–H and O–H groups in total. The second kappa shape index (κ2) is 2.85. The summed E-state index contributed by atoms with van der Waals surface area (Å²) < 4.78 is 0. The molecule has 0 unspecified atom stereocenters. The molecule has 1 aromatic rings. The van der Waals surface area contributed by atoms with Crippen LogP contribution in [0.2, 0.25) is 0 Å². The second-order valence-electron chi connectivity index (χ2n) is 2.89. The summed E-state index contributed by atoms with van der Waals surface area (Å²) in [5.41, 5.74) is 7.43. The SMILES string of the molecule is Cc1cc(C)c(O)c(C(=N)N)c1. The van der Waals surface area contributed by atoms with Crippen LogP contribution in [0.15, 0.2) is 12.1 Å². The topological polar surface area (TPSA) is 70.1 Å². The van der Waals surface area contributed by atoms with Crippen molar-refractivity contribution < 1.29 is 5.11 Å². The van der Waals surface area contributed by atoms with Crippen molar-refractivity contribution in [3.8, 4) is 5.75 Å². The van der Waals surface area contributed by atoms with Crippen molar-refractivity contribution in [1.29, 1.82) is 5.41 Å². The van der Waals surface area contributed by atoms with Crippen LogP contribution in [0.5, 0.6) is 5.75 Å². The smallest absolute Gasteiger partial charge is 0.129 e. The zero-order valence-electron chi connectivity index (χ0n) is 7.18. The fraction of sp³-hybridized carbons (Fsp3) is 0.222. The first-order valence-corrected chi connectivity index (χ1v) is 3.67. The van der Waals surface area contributed by atoms with Crippen LogP contribution in [-0.4, -0.2) is 10.9 Å². The molecule has 0 saturated heterocycles. The minimum Gasteiger partial charge on any atom is -0.507 e. The van der Waals surface area contributed by atoms with Crippen LogP contribution in [0.1, 0.15) is 16.7 Å². The lowest BCUT2D eigenvalue weighted by atomic mass is 10.1. The Labute approximate surface area is 71.3 Å². The van der Waals surface area contributed by atoms with Crippen LogP contribution in [0, 0.1) is 19.3 Å². The standard InChI is InChI=1S/C9H12N2O/c1-5-3-6(2)8(12)7(4-5)9(10)11/h3-4,12H,1-2H3,(H3,10,11). The molecule has 3 heteroatoms. The maximum Gasteiger partial charge on any atom is 0.129 e. The van der Waals surface area contributed by atoms with E-state index in [0.717, 1.165) is 11.1 Å². The lowest BCUT2D eigenvalue weighted by molar-refractivity contribution is 0.469. The quantitative estimate of drug-likeness (QED) is 0.432. The minimum atomic E-state index is -0.0979. The molecule has 0 spiro atoms. The van der Waals surface area contributed by atoms with Crippen molar-refractivity contribution in [1.82, 2.24) is 0 Å². The largest absolute Gasteiger partial charge is 0.507 e. The fourth-order valence-electron chi connectivity index (χ4n) is 1.17. The molecular weight excluding hydrogens is 152 g/mol. The van der Waals surface area contributed by atoms with Crippen LogP contribution in [-0.2, 0) is 0 Å². The van der Waals surface area contributed by atoms with Gasteiger partial charge >= 0.3 is 0 Å². The number of nitrogens with one attached hydrogen (secondary N) is 1. The molecule has 64 valence electrons. The molecule has 0 atom stereocenters. The average Bonchev–Trinajstić information content (AvgIpc) is 1.96. The van der Waals surface area contributed by atoms with Gasteiger partial charge in [-0.05, 0) is 31.0 Å². The van der Waals surface area contributed by atoms with E-state index in [4.69, 9.17) is 11.1 Å². The summed E-state index contributed by atoms with van der Waals surface area (Å²) in [7, 11) is 0. The summed E-state index contributed by atoms with van der Waals surface area (Å²) in [6, 6.07) is 3.55. The normalized spacial score (nSPS) is 9.83.